The average Bonchev–Trinajstić information content (AvgIpc) is 3.18. The number of nitrogens with one attached hydrogen (secondary N) is 1. The van der Waals surface area contributed by atoms with Crippen LogP contribution in [0, 0.1) is 23.7 Å². The lowest BCUT2D eigenvalue weighted by atomic mass is 9.78. The maximum atomic E-state index is 11.0. The largest absolute Gasteiger partial charge is 0.494 e. The van der Waals surface area contributed by atoms with Gasteiger partial charge in [-0.1, -0.05) is 25.1 Å². The van der Waals surface area contributed by atoms with Crippen molar-refractivity contribution >= 4 is 10.9 Å². The summed E-state index contributed by atoms with van der Waals surface area (Å²) in [4.78, 5) is 6.06. The first-order valence-corrected chi connectivity index (χ1v) is 13.6. The number of fused-ring (bicyclic) bond motifs is 6. The normalized spacial score (nSPS) is 32.5. The zero-order valence-electron chi connectivity index (χ0n) is 20.5. The molecule has 4 unspecified atom stereocenters. The van der Waals surface area contributed by atoms with Gasteiger partial charge in [0.25, 0.3) is 0 Å². The van der Waals surface area contributed by atoms with Crippen LogP contribution in [-0.4, -0.2) is 56.0 Å². The van der Waals surface area contributed by atoms with Crippen molar-refractivity contribution in [2.24, 2.45) is 23.7 Å². The molecule has 4 aliphatic rings. The number of piperidine rings is 1. The molecule has 1 aromatic carbocycles. The molecule has 186 valence electrons. The third-order valence-corrected chi connectivity index (χ3v) is 10.2. The first kappa shape index (κ1) is 21.8. The van der Waals surface area contributed by atoms with Gasteiger partial charge in [-0.05, 0) is 91.8 Å². The Bertz CT molecular complexity index is 1250. The predicted molar refractivity (Wildman–Crippen MR) is 136 cm³/mol. The fraction of sp³-hybridized carbons (Fsp3) is 0.586. The van der Waals surface area contributed by atoms with Gasteiger partial charge in [0.05, 0.1) is 0 Å². The van der Waals surface area contributed by atoms with Gasteiger partial charge in [0.15, 0.2) is 11.8 Å². The van der Waals surface area contributed by atoms with E-state index < -0.39 is 0 Å². The van der Waals surface area contributed by atoms with E-state index in [0.717, 1.165) is 37.2 Å². The SMILES string of the molecule is CC1C2CC(c3c2c(O)n(C[C@H]2C[C@@H]2CN2CCC(c4c[nH]c5ccccc45)CC2)c3O)C1CO. The van der Waals surface area contributed by atoms with Crippen molar-refractivity contribution in [3.8, 4) is 11.8 Å². The zero-order valence-corrected chi connectivity index (χ0v) is 20.5. The van der Waals surface area contributed by atoms with Crippen LogP contribution in [-0.2, 0) is 6.54 Å². The third kappa shape index (κ3) is 3.29. The topological polar surface area (TPSA) is 84.7 Å². The molecule has 6 heteroatoms. The van der Waals surface area contributed by atoms with Gasteiger partial charge in [-0.15, -0.1) is 0 Å². The second-order valence-corrected chi connectivity index (χ2v) is 11.9. The summed E-state index contributed by atoms with van der Waals surface area (Å²) in [6, 6.07) is 8.62. The van der Waals surface area contributed by atoms with Crippen molar-refractivity contribution in [1.29, 1.82) is 0 Å². The molecule has 1 aliphatic heterocycles. The Morgan fingerprint density at radius 3 is 2.43 bits per heavy atom. The Labute approximate surface area is 206 Å². The Balaban J connectivity index is 0.973. The number of aromatic nitrogens is 2. The number of likely N-dealkylation sites (tertiary alicyclic amines) is 1. The number of nitrogens with zero attached hydrogens (tertiary/aromatic N) is 2. The summed E-state index contributed by atoms with van der Waals surface area (Å²) in [5.41, 5.74) is 4.62. The van der Waals surface area contributed by atoms with Gasteiger partial charge < -0.3 is 25.2 Å². The van der Waals surface area contributed by atoms with Gasteiger partial charge in [0.1, 0.15) is 0 Å². The standard InChI is InChI=1S/C29H37N3O3/c1-16-21-11-22(24(16)15-33)27-26(21)28(34)32(29(27)35)14-19-10-18(19)13-31-8-6-17(7-9-31)23-12-30-25-5-3-2-4-20(23)25/h2-5,12,16-19,21-22,24,30,33-35H,6-11,13-15H2,1H3/t16?,18-,19-,21?,22?,24?/m1/s1. The number of para-hydroxylation sites is 1. The molecule has 3 aromatic rings. The van der Waals surface area contributed by atoms with Crippen molar-refractivity contribution < 1.29 is 15.3 Å². The van der Waals surface area contributed by atoms with E-state index in [1.807, 2.05) is 0 Å². The van der Waals surface area contributed by atoms with Crippen molar-refractivity contribution in [2.75, 3.05) is 26.2 Å². The number of hydrogen-bond acceptors (Lipinski definition) is 4. The fourth-order valence-corrected chi connectivity index (χ4v) is 8.05. The monoisotopic (exact) mass is 475 g/mol. The maximum absolute atomic E-state index is 11.0. The van der Waals surface area contributed by atoms with Crippen LogP contribution in [0.15, 0.2) is 30.5 Å². The minimum atomic E-state index is 0.162. The van der Waals surface area contributed by atoms with Gasteiger partial charge in [-0.3, -0.25) is 4.57 Å². The fourth-order valence-electron chi connectivity index (χ4n) is 8.05. The molecule has 2 aromatic heterocycles. The van der Waals surface area contributed by atoms with Gasteiger partial charge in [-0.2, -0.15) is 0 Å². The van der Waals surface area contributed by atoms with E-state index in [2.05, 4.69) is 47.3 Å². The highest BCUT2D eigenvalue weighted by Gasteiger charge is 2.53. The number of aliphatic hydroxyl groups excluding tert-OH is 1. The van der Waals surface area contributed by atoms with Crippen LogP contribution in [0.5, 0.6) is 11.8 Å². The summed E-state index contributed by atoms with van der Waals surface area (Å²) in [7, 11) is 0. The molecule has 2 bridgehead atoms. The minimum absolute atomic E-state index is 0.162. The summed E-state index contributed by atoms with van der Waals surface area (Å²) < 4.78 is 1.78. The smallest absolute Gasteiger partial charge is 0.197 e. The minimum Gasteiger partial charge on any atom is -0.494 e. The number of hydrogen-bond donors (Lipinski definition) is 4. The molecule has 6 atom stereocenters. The maximum Gasteiger partial charge on any atom is 0.197 e. The summed E-state index contributed by atoms with van der Waals surface area (Å²) in [6.07, 6.45) is 6.76. The Hall–Kier alpha value is -2.44. The molecule has 1 saturated heterocycles. The molecular formula is C29H37N3O3. The first-order chi connectivity index (χ1) is 17.0. The van der Waals surface area contributed by atoms with Gasteiger partial charge in [-0.25, -0.2) is 0 Å². The van der Waals surface area contributed by atoms with E-state index in [1.54, 1.807) is 4.57 Å². The lowest BCUT2D eigenvalue weighted by molar-refractivity contribution is 0.178. The zero-order chi connectivity index (χ0) is 23.8. The van der Waals surface area contributed by atoms with Gasteiger partial charge in [0, 0.05) is 47.9 Å². The van der Waals surface area contributed by atoms with Crippen LogP contribution in [0.25, 0.3) is 10.9 Å². The van der Waals surface area contributed by atoms with E-state index in [-0.39, 0.29) is 30.2 Å². The molecule has 7 rings (SSSR count). The highest BCUT2D eigenvalue weighted by molar-refractivity contribution is 5.83. The van der Waals surface area contributed by atoms with Crippen LogP contribution in [0.4, 0.5) is 0 Å². The molecule has 2 saturated carbocycles. The van der Waals surface area contributed by atoms with Crippen LogP contribution < -0.4 is 0 Å². The Morgan fingerprint density at radius 1 is 0.943 bits per heavy atom. The van der Waals surface area contributed by atoms with Crippen molar-refractivity contribution in [2.45, 2.75) is 56.9 Å². The third-order valence-electron chi connectivity index (χ3n) is 10.2. The average molecular weight is 476 g/mol. The van der Waals surface area contributed by atoms with Gasteiger partial charge in [0.2, 0.25) is 0 Å². The van der Waals surface area contributed by atoms with Crippen molar-refractivity contribution in [1.82, 2.24) is 14.5 Å². The van der Waals surface area contributed by atoms with Crippen LogP contribution in [0.2, 0.25) is 0 Å². The van der Waals surface area contributed by atoms with Crippen LogP contribution in [0.1, 0.15) is 67.1 Å². The molecule has 3 aliphatic carbocycles. The summed E-state index contributed by atoms with van der Waals surface area (Å²) in [5.74, 6) is 3.39. The number of benzene rings is 1. The Kier molecular flexibility index (Phi) is 5.01. The number of H-pyrrole nitrogens is 1. The quantitative estimate of drug-likeness (QED) is 0.415. The molecule has 3 heterocycles. The van der Waals surface area contributed by atoms with Crippen molar-refractivity contribution in [3.63, 3.8) is 0 Å². The second-order valence-electron chi connectivity index (χ2n) is 11.9. The molecule has 0 spiro atoms. The van der Waals surface area contributed by atoms with Crippen molar-refractivity contribution in [3.05, 3.63) is 47.2 Å². The summed E-state index contributed by atoms with van der Waals surface area (Å²) in [5, 5.41) is 33.3. The Morgan fingerprint density at radius 2 is 1.66 bits per heavy atom. The van der Waals surface area contributed by atoms with Gasteiger partial charge >= 0.3 is 0 Å². The molecular weight excluding hydrogens is 438 g/mol. The first-order valence-electron chi connectivity index (χ1n) is 13.6. The molecule has 6 nitrogen and oxygen atoms in total. The summed E-state index contributed by atoms with van der Waals surface area (Å²) >= 11 is 0. The van der Waals surface area contributed by atoms with E-state index >= 15 is 0 Å². The highest BCUT2D eigenvalue weighted by atomic mass is 16.3. The van der Waals surface area contributed by atoms with E-state index in [0.29, 0.717) is 36.1 Å². The lowest BCUT2D eigenvalue weighted by Crippen LogP contribution is -2.34. The molecule has 0 radical (unpaired) electrons. The number of aromatic amines is 1. The van der Waals surface area contributed by atoms with Crippen LogP contribution in [0.3, 0.4) is 0 Å². The van der Waals surface area contributed by atoms with E-state index in [4.69, 9.17) is 0 Å². The number of aromatic hydroxyl groups is 2. The van der Waals surface area contributed by atoms with Crippen LogP contribution >= 0.6 is 0 Å². The molecule has 0 amide bonds. The number of aliphatic hydroxyl groups is 1. The second kappa shape index (κ2) is 8.04. The molecule has 3 fully saturated rings. The molecule has 4 N–H and O–H groups in total. The highest BCUT2D eigenvalue weighted by Crippen LogP contribution is 2.64. The summed E-state index contributed by atoms with van der Waals surface area (Å²) in [6.45, 7) is 6.47. The lowest BCUT2D eigenvalue weighted by Gasteiger charge is -2.32. The van der Waals surface area contributed by atoms with E-state index in [1.165, 1.54) is 35.7 Å². The number of rotatable bonds is 6. The molecule has 35 heavy (non-hydrogen) atoms. The van der Waals surface area contributed by atoms with E-state index in [9.17, 15) is 15.3 Å². The predicted octanol–water partition coefficient (Wildman–Crippen LogP) is 4.73.